The lowest BCUT2D eigenvalue weighted by Crippen LogP contribution is -2.22. The summed E-state index contributed by atoms with van der Waals surface area (Å²) in [5.41, 5.74) is 6.33. The van der Waals surface area contributed by atoms with Crippen molar-refractivity contribution in [1.29, 1.82) is 0 Å². The Bertz CT molecular complexity index is 596. The Labute approximate surface area is 121 Å². The first-order valence-corrected chi connectivity index (χ1v) is 6.87. The van der Waals surface area contributed by atoms with E-state index < -0.39 is 0 Å². The minimum Gasteiger partial charge on any atom is -0.467 e. The van der Waals surface area contributed by atoms with Gasteiger partial charge in [0.1, 0.15) is 5.60 Å². The maximum Gasteiger partial charge on any atom is 0.210 e. The van der Waals surface area contributed by atoms with Gasteiger partial charge in [-0.25, -0.2) is 4.99 Å². The summed E-state index contributed by atoms with van der Waals surface area (Å²) in [6.45, 7) is 8.80. The van der Waals surface area contributed by atoms with Gasteiger partial charge in [0.05, 0.1) is 6.54 Å². The number of benzene rings is 1. The van der Waals surface area contributed by atoms with Crippen LogP contribution in [0.1, 0.15) is 33.3 Å². The monoisotopic (exact) mass is 267 g/mol. The predicted octanol–water partition coefficient (Wildman–Crippen LogP) is 4.44. The van der Waals surface area contributed by atoms with E-state index in [1.54, 1.807) is 0 Å². The highest BCUT2D eigenvalue weighted by atomic mass is 16.5. The second-order valence-corrected chi connectivity index (χ2v) is 5.64. The van der Waals surface area contributed by atoms with E-state index in [0.29, 0.717) is 12.4 Å². The molecule has 0 bridgehead atoms. The molecular formula is C18H21NO. The van der Waals surface area contributed by atoms with Crippen molar-refractivity contribution < 1.29 is 4.74 Å². The van der Waals surface area contributed by atoms with Crippen LogP contribution in [0.2, 0.25) is 0 Å². The van der Waals surface area contributed by atoms with Gasteiger partial charge in [-0.3, -0.25) is 0 Å². The normalized spacial score (nSPS) is 18.2. The Hall–Kier alpha value is -2.05. The Morgan fingerprint density at radius 1 is 1.25 bits per heavy atom. The molecule has 2 heteroatoms. The quantitative estimate of drug-likeness (QED) is 0.742. The van der Waals surface area contributed by atoms with Gasteiger partial charge in [-0.2, -0.15) is 0 Å². The molecule has 0 unspecified atom stereocenters. The molecule has 1 aliphatic rings. The number of nitrogens with zero attached hydrogens (tertiary/aromatic N) is 1. The Kier molecular flexibility index (Phi) is 4.26. The minimum atomic E-state index is -0.335. The fourth-order valence-electron chi connectivity index (χ4n) is 1.92. The molecule has 0 aromatic heterocycles. The Morgan fingerprint density at radius 3 is 2.60 bits per heavy atom. The van der Waals surface area contributed by atoms with Crippen LogP contribution in [0.4, 0.5) is 0 Å². The van der Waals surface area contributed by atoms with Gasteiger partial charge in [0, 0.05) is 11.6 Å². The molecular weight excluding hydrogens is 246 g/mol. The van der Waals surface area contributed by atoms with Crippen molar-refractivity contribution in [3.05, 3.63) is 64.9 Å². The van der Waals surface area contributed by atoms with E-state index in [-0.39, 0.29) is 5.60 Å². The molecule has 0 spiro atoms. The number of ether oxygens (including phenoxy) is 1. The van der Waals surface area contributed by atoms with E-state index in [2.05, 4.69) is 22.9 Å². The topological polar surface area (TPSA) is 21.6 Å². The second-order valence-electron chi connectivity index (χ2n) is 5.64. The number of rotatable bonds is 3. The van der Waals surface area contributed by atoms with Crippen molar-refractivity contribution in [2.75, 3.05) is 0 Å². The van der Waals surface area contributed by atoms with Crippen LogP contribution in [0, 0.1) is 0 Å². The molecule has 20 heavy (non-hydrogen) atoms. The first-order valence-electron chi connectivity index (χ1n) is 6.87. The van der Waals surface area contributed by atoms with E-state index in [9.17, 15) is 0 Å². The second kappa shape index (κ2) is 5.94. The molecule has 0 fully saturated rings. The third-order valence-electron chi connectivity index (χ3n) is 3.11. The van der Waals surface area contributed by atoms with Crippen molar-refractivity contribution in [2.24, 2.45) is 4.99 Å². The third-order valence-corrected chi connectivity index (χ3v) is 3.11. The van der Waals surface area contributed by atoms with Crippen molar-refractivity contribution >= 4 is 5.90 Å². The van der Waals surface area contributed by atoms with E-state index in [0.717, 1.165) is 11.1 Å². The van der Waals surface area contributed by atoms with Gasteiger partial charge >= 0.3 is 0 Å². The number of hydrogen-bond acceptors (Lipinski definition) is 2. The maximum atomic E-state index is 5.89. The smallest absolute Gasteiger partial charge is 0.210 e. The molecule has 0 aliphatic carbocycles. The lowest BCUT2D eigenvalue weighted by Gasteiger charge is -2.19. The highest BCUT2D eigenvalue weighted by Crippen LogP contribution is 2.28. The van der Waals surface area contributed by atoms with Crippen molar-refractivity contribution in [2.45, 2.75) is 39.8 Å². The summed E-state index contributed by atoms with van der Waals surface area (Å²) >= 11 is 0. The zero-order valence-corrected chi connectivity index (χ0v) is 12.6. The lowest BCUT2D eigenvalue weighted by molar-refractivity contribution is 0.153. The molecule has 104 valence electrons. The van der Waals surface area contributed by atoms with Crippen molar-refractivity contribution in [3.8, 4) is 0 Å². The number of aliphatic imine (C=N–C) groups is 1. The SMILES string of the molecule is CC(C)=C=CC1=CC(=NCc2ccccc2)OC1(C)C. The fourth-order valence-corrected chi connectivity index (χ4v) is 1.92. The highest BCUT2D eigenvalue weighted by Gasteiger charge is 2.31. The summed E-state index contributed by atoms with van der Waals surface area (Å²) in [5, 5.41) is 0. The van der Waals surface area contributed by atoms with Crippen molar-refractivity contribution in [1.82, 2.24) is 0 Å². The van der Waals surface area contributed by atoms with Crippen molar-refractivity contribution in [3.63, 3.8) is 0 Å². The number of hydrogen-bond donors (Lipinski definition) is 0. The summed E-state index contributed by atoms with van der Waals surface area (Å²) in [6.07, 6.45) is 3.99. The van der Waals surface area contributed by atoms with Crippen LogP contribution in [-0.4, -0.2) is 11.5 Å². The first kappa shape index (κ1) is 14.4. The summed E-state index contributed by atoms with van der Waals surface area (Å²) < 4.78 is 5.89. The molecule has 0 N–H and O–H groups in total. The summed E-state index contributed by atoms with van der Waals surface area (Å²) in [5.74, 6) is 0.695. The van der Waals surface area contributed by atoms with E-state index in [1.807, 2.05) is 58.0 Å². The largest absolute Gasteiger partial charge is 0.467 e. The van der Waals surface area contributed by atoms with E-state index in [4.69, 9.17) is 4.74 Å². The summed E-state index contributed by atoms with van der Waals surface area (Å²) in [6, 6.07) is 10.2. The summed E-state index contributed by atoms with van der Waals surface area (Å²) in [7, 11) is 0. The first-order chi connectivity index (χ1) is 9.47. The lowest BCUT2D eigenvalue weighted by atomic mass is 9.99. The third kappa shape index (κ3) is 3.72. The molecule has 0 saturated carbocycles. The minimum absolute atomic E-state index is 0.335. The molecule has 0 atom stereocenters. The molecule has 2 nitrogen and oxygen atoms in total. The average molecular weight is 267 g/mol. The molecule has 1 aromatic carbocycles. The Morgan fingerprint density at radius 2 is 1.95 bits per heavy atom. The van der Waals surface area contributed by atoms with Crippen LogP contribution < -0.4 is 0 Å². The fraction of sp³-hybridized carbons (Fsp3) is 0.333. The van der Waals surface area contributed by atoms with Gasteiger partial charge in [0.2, 0.25) is 5.90 Å². The van der Waals surface area contributed by atoms with Gasteiger partial charge < -0.3 is 4.74 Å². The molecule has 0 amide bonds. The van der Waals surface area contributed by atoms with Gasteiger partial charge in [-0.1, -0.05) is 30.3 Å². The maximum absolute atomic E-state index is 5.89. The Balaban J connectivity index is 2.17. The van der Waals surface area contributed by atoms with Gasteiger partial charge in [0.25, 0.3) is 0 Å². The van der Waals surface area contributed by atoms with E-state index in [1.165, 1.54) is 5.56 Å². The van der Waals surface area contributed by atoms with Crippen LogP contribution in [0.5, 0.6) is 0 Å². The van der Waals surface area contributed by atoms with Gasteiger partial charge in [0.15, 0.2) is 0 Å². The molecule has 0 saturated heterocycles. The molecule has 2 rings (SSSR count). The van der Waals surface area contributed by atoms with Crippen LogP contribution in [-0.2, 0) is 11.3 Å². The van der Waals surface area contributed by atoms with Crippen LogP contribution in [0.25, 0.3) is 0 Å². The molecule has 1 heterocycles. The average Bonchev–Trinajstić information content (AvgIpc) is 2.70. The zero-order chi connectivity index (χ0) is 14.6. The van der Waals surface area contributed by atoms with Gasteiger partial charge in [-0.05, 0) is 44.9 Å². The molecule has 0 radical (unpaired) electrons. The summed E-state index contributed by atoms with van der Waals surface area (Å²) in [4.78, 5) is 4.53. The van der Waals surface area contributed by atoms with Gasteiger partial charge in [-0.15, -0.1) is 5.73 Å². The van der Waals surface area contributed by atoms with E-state index >= 15 is 0 Å². The molecule has 1 aromatic rings. The predicted molar refractivity (Wildman–Crippen MR) is 83.8 cm³/mol. The molecule has 1 aliphatic heterocycles. The van der Waals surface area contributed by atoms with Crippen LogP contribution in [0.15, 0.2) is 64.4 Å². The van der Waals surface area contributed by atoms with Crippen LogP contribution >= 0.6 is 0 Å². The highest BCUT2D eigenvalue weighted by molar-refractivity contribution is 5.92. The zero-order valence-electron chi connectivity index (χ0n) is 12.6. The standard InChI is InChI=1S/C18H21NO/c1-14(2)10-11-16-12-17(20-18(16,3)4)19-13-15-8-6-5-7-9-15/h5-9,11-12H,13H2,1-4H3. The van der Waals surface area contributed by atoms with Crippen LogP contribution in [0.3, 0.4) is 0 Å².